The minimum atomic E-state index is -3.85. The molecule has 1 fully saturated rings. The summed E-state index contributed by atoms with van der Waals surface area (Å²) in [6.45, 7) is 0.675. The summed E-state index contributed by atoms with van der Waals surface area (Å²) in [7, 11) is -1.11. The number of hydrogen-bond acceptors (Lipinski definition) is 4. The molecule has 0 radical (unpaired) electrons. The predicted molar refractivity (Wildman–Crippen MR) is 113 cm³/mol. The van der Waals surface area contributed by atoms with Crippen LogP contribution in [0.1, 0.15) is 23.2 Å². The standard InChI is InChI=1S/C19H19Cl2N3O4S/c1-23(2)29(27,28)17-10-14(15(20)11-16(17)21)19(26)22-12-5-7-13(8-6-12)24-9-3-4-18(24)25/h5-8,10-11H,3-4,9H2,1-2H3,(H,22,26). The Hall–Kier alpha value is -2.13. The molecule has 1 heterocycles. The van der Waals surface area contributed by atoms with Gasteiger partial charge in [0.1, 0.15) is 4.90 Å². The lowest BCUT2D eigenvalue weighted by Gasteiger charge is -2.16. The number of benzene rings is 2. The van der Waals surface area contributed by atoms with Crippen LogP contribution in [-0.4, -0.2) is 45.2 Å². The van der Waals surface area contributed by atoms with E-state index >= 15 is 0 Å². The molecular formula is C19H19Cl2N3O4S. The summed E-state index contributed by atoms with van der Waals surface area (Å²) in [6.07, 6.45) is 1.36. The van der Waals surface area contributed by atoms with Crippen LogP contribution in [0.3, 0.4) is 0 Å². The monoisotopic (exact) mass is 455 g/mol. The van der Waals surface area contributed by atoms with Crippen molar-refractivity contribution in [2.24, 2.45) is 0 Å². The highest BCUT2D eigenvalue weighted by atomic mass is 35.5. The summed E-state index contributed by atoms with van der Waals surface area (Å²) in [5.74, 6) is -0.503. The van der Waals surface area contributed by atoms with E-state index in [4.69, 9.17) is 23.2 Å². The normalized spacial score (nSPS) is 14.5. The van der Waals surface area contributed by atoms with E-state index in [0.717, 1.165) is 22.5 Å². The average Bonchev–Trinajstić information content (AvgIpc) is 3.08. The molecule has 10 heteroatoms. The minimum absolute atomic E-state index is 0.0183. The highest BCUT2D eigenvalue weighted by molar-refractivity contribution is 7.89. The van der Waals surface area contributed by atoms with Gasteiger partial charge in [-0.25, -0.2) is 12.7 Å². The smallest absolute Gasteiger partial charge is 0.257 e. The Labute approximate surface area is 179 Å². The van der Waals surface area contributed by atoms with Gasteiger partial charge in [-0.15, -0.1) is 0 Å². The van der Waals surface area contributed by atoms with Crippen LogP contribution in [-0.2, 0) is 14.8 Å². The molecule has 0 bridgehead atoms. The molecular weight excluding hydrogens is 437 g/mol. The predicted octanol–water partition coefficient (Wildman–Crippen LogP) is 3.62. The molecule has 0 atom stereocenters. The van der Waals surface area contributed by atoms with Crippen LogP contribution in [0.5, 0.6) is 0 Å². The molecule has 0 aromatic heterocycles. The Morgan fingerprint density at radius 2 is 1.76 bits per heavy atom. The van der Waals surface area contributed by atoms with Crippen LogP contribution in [0, 0.1) is 0 Å². The number of anilines is 2. The van der Waals surface area contributed by atoms with Crippen molar-refractivity contribution in [2.45, 2.75) is 17.7 Å². The topological polar surface area (TPSA) is 86.8 Å². The van der Waals surface area contributed by atoms with Gasteiger partial charge >= 0.3 is 0 Å². The van der Waals surface area contributed by atoms with Gasteiger partial charge in [-0.3, -0.25) is 9.59 Å². The number of nitrogens with one attached hydrogen (secondary N) is 1. The van der Waals surface area contributed by atoms with Gasteiger partial charge in [-0.1, -0.05) is 23.2 Å². The molecule has 1 aliphatic heterocycles. The van der Waals surface area contributed by atoms with Crippen LogP contribution in [0.15, 0.2) is 41.3 Å². The quantitative estimate of drug-likeness (QED) is 0.745. The van der Waals surface area contributed by atoms with Gasteiger partial charge in [0.15, 0.2) is 0 Å². The van der Waals surface area contributed by atoms with Gasteiger partial charge in [0, 0.05) is 38.4 Å². The summed E-state index contributed by atoms with van der Waals surface area (Å²) in [5, 5.41) is 2.64. The zero-order chi connectivity index (χ0) is 21.3. The molecule has 0 unspecified atom stereocenters. The van der Waals surface area contributed by atoms with Crippen molar-refractivity contribution in [3.8, 4) is 0 Å². The van der Waals surface area contributed by atoms with Crippen molar-refractivity contribution in [1.82, 2.24) is 4.31 Å². The fourth-order valence-corrected chi connectivity index (χ4v) is 4.67. The molecule has 0 aliphatic carbocycles. The summed E-state index contributed by atoms with van der Waals surface area (Å²) in [4.78, 5) is 26.0. The molecule has 1 aliphatic rings. The highest BCUT2D eigenvalue weighted by Gasteiger charge is 2.25. The van der Waals surface area contributed by atoms with Crippen molar-refractivity contribution in [3.63, 3.8) is 0 Å². The van der Waals surface area contributed by atoms with Crippen molar-refractivity contribution in [3.05, 3.63) is 52.0 Å². The fraction of sp³-hybridized carbons (Fsp3) is 0.263. The van der Waals surface area contributed by atoms with E-state index in [2.05, 4.69) is 5.32 Å². The van der Waals surface area contributed by atoms with E-state index in [9.17, 15) is 18.0 Å². The SMILES string of the molecule is CN(C)S(=O)(=O)c1cc(C(=O)Nc2ccc(N3CCCC3=O)cc2)c(Cl)cc1Cl. The number of rotatable bonds is 5. The Balaban J connectivity index is 1.85. The van der Waals surface area contributed by atoms with Crippen molar-refractivity contribution in [2.75, 3.05) is 30.9 Å². The van der Waals surface area contributed by atoms with Crippen molar-refractivity contribution in [1.29, 1.82) is 0 Å². The first-order valence-electron chi connectivity index (χ1n) is 8.74. The molecule has 154 valence electrons. The molecule has 2 amide bonds. The maximum atomic E-state index is 12.7. The van der Waals surface area contributed by atoms with Crippen LogP contribution < -0.4 is 10.2 Å². The molecule has 7 nitrogen and oxygen atoms in total. The van der Waals surface area contributed by atoms with E-state index in [1.54, 1.807) is 29.2 Å². The van der Waals surface area contributed by atoms with Gasteiger partial charge in [0.2, 0.25) is 15.9 Å². The fourth-order valence-electron chi connectivity index (χ4n) is 2.94. The average molecular weight is 456 g/mol. The third kappa shape index (κ3) is 4.40. The number of carbonyl (C=O) groups is 2. The van der Waals surface area contributed by atoms with Gasteiger partial charge in [0.05, 0.1) is 15.6 Å². The highest BCUT2D eigenvalue weighted by Crippen LogP contribution is 2.31. The number of sulfonamides is 1. The van der Waals surface area contributed by atoms with Gasteiger partial charge in [-0.2, -0.15) is 0 Å². The van der Waals surface area contributed by atoms with Crippen LogP contribution in [0.2, 0.25) is 10.0 Å². The van der Waals surface area contributed by atoms with Gasteiger partial charge < -0.3 is 10.2 Å². The van der Waals surface area contributed by atoms with E-state index < -0.39 is 15.9 Å². The van der Waals surface area contributed by atoms with Crippen molar-refractivity contribution < 1.29 is 18.0 Å². The summed E-state index contributed by atoms with van der Waals surface area (Å²) in [5.41, 5.74) is 1.22. The number of carbonyl (C=O) groups excluding carboxylic acids is 2. The van der Waals surface area contributed by atoms with Crippen LogP contribution >= 0.6 is 23.2 Å². The summed E-state index contributed by atoms with van der Waals surface area (Å²) in [6, 6.07) is 9.21. The lowest BCUT2D eigenvalue weighted by atomic mass is 10.2. The Bertz CT molecular complexity index is 1070. The van der Waals surface area contributed by atoms with E-state index in [1.165, 1.54) is 20.2 Å². The number of amides is 2. The number of nitrogens with zero attached hydrogens (tertiary/aromatic N) is 2. The minimum Gasteiger partial charge on any atom is -0.322 e. The molecule has 2 aromatic carbocycles. The zero-order valence-corrected chi connectivity index (χ0v) is 18.1. The number of halogens is 2. The van der Waals surface area contributed by atoms with Crippen LogP contribution in [0.4, 0.5) is 11.4 Å². The second-order valence-corrected chi connectivity index (χ2v) is 9.63. The Kier molecular flexibility index (Phi) is 6.19. The maximum absolute atomic E-state index is 12.7. The molecule has 29 heavy (non-hydrogen) atoms. The summed E-state index contributed by atoms with van der Waals surface area (Å²) >= 11 is 12.2. The second-order valence-electron chi connectivity index (χ2n) is 6.70. The molecule has 2 aromatic rings. The number of hydrogen-bond donors (Lipinski definition) is 1. The lowest BCUT2D eigenvalue weighted by molar-refractivity contribution is -0.117. The first-order chi connectivity index (χ1) is 13.6. The Morgan fingerprint density at radius 3 is 2.31 bits per heavy atom. The van der Waals surface area contributed by atoms with Crippen LogP contribution in [0.25, 0.3) is 0 Å². The summed E-state index contributed by atoms with van der Waals surface area (Å²) < 4.78 is 25.8. The van der Waals surface area contributed by atoms with Gasteiger partial charge in [-0.05, 0) is 42.8 Å². The molecule has 0 spiro atoms. The maximum Gasteiger partial charge on any atom is 0.257 e. The van der Waals surface area contributed by atoms with Gasteiger partial charge in [0.25, 0.3) is 5.91 Å². The second kappa shape index (κ2) is 8.31. The molecule has 1 N–H and O–H groups in total. The Morgan fingerprint density at radius 1 is 1.10 bits per heavy atom. The van der Waals surface area contributed by atoms with E-state index in [1.807, 2.05) is 0 Å². The first-order valence-corrected chi connectivity index (χ1v) is 10.9. The molecule has 1 saturated heterocycles. The van der Waals surface area contributed by atoms with E-state index in [-0.39, 0.29) is 26.4 Å². The van der Waals surface area contributed by atoms with Crippen molar-refractivity contribution >= 4 is 56.4 Å². The third-order valence-electron chi connectivity index (χ3n) is 4.54. The first kappa shape index (κ1) is 21.6. The lowest BCUT2D eigenvalue weighted by Crippen LogP contribution is -2.24. The largest absolute Gasteiger partial charge is 0.322 e. The molecule has 3 rings (SSSR count). The van der Waals surface area contributed by atoms with E-state index in [0.29, 0.717) is 18.7 Å². The third-order valence-corrected chi connectivity index (χ3v) is 7.13. The zero-order valence-electron chi connectivity index (χ0n) is 15.8. The molecule has 0 saturated carbocycles.